The standard InChI is InChI=1S/C18H33N5Si2/c1-7-24(8-2,9-3)23(25(10-4,11-5)12-6)17-14-20-16-13-19-15-21-18(16)22-17/h13-15H,7-12H2,1-6H3. The van der Waals surface area contributed by atoms with Crippen molar-refractivity contribution in [3.05, 3.63) is 18.7 Å². The van der Waals surface area contributed by atoms with Gasteiger partial charge in [0.05, 0.1) is 12.4 Å². The summed E-state index contributed by atoms with van der Waals surface area (Å²) in [6.07, 6.45) is 5.30. The monoisotopic (exact) mass is 375 g/mol. The Morgan fingerprint density at radius 1 is 0.760 bits per heavy atom. The fourth-order valence-corrected chi connectivity index (χ4v) is 17.3. The van der Waals surface area contributed by atoms with Crippen molar-refractivity contribution in [2.24, 2.45) is 0 Å². The number of nitrogens with zero attached hydrogens (tertiary/aromatic N) is 5. The Labute approximate surface area is 154 Å². The zero-order valence-corrected chi connectivity index (χ0v) is 18.7. The molecule has 0 N–H and O–H groups in total. The van der Waals surface area contributed by atoms with Crippen LogP contribution in [0.2, 0.25) is 36.3 Å². The summed E-state index contributed by atoms with van der Waals surface area (Å²) in [7, 11) is -3.25. The Bertz CT molecular complexity index is 649. The molecule has 0 aromatic carbocycles. The molecule has 2 aromatic rings. The summed E-state index contributed by atoms with van der Waals surface area (Å²) in [5, 5.41) is 0. The molecule has 138 valence electrons. The van der Waals surface area contributed by atoms with Gasteiger partial charge in [0.15, 0.2) is 5.65 Å². The van der Waals surface area contributed by atoms with E-state index in [0.717, 1.165) is 17.0 Å². The molecule has 0 radical (unpaired) electrons. The SMILES string of the molecule is CC[Si](CC)(CC)N(c1cnc2cncnc2n1)[Si](CC)(CC)CC. The summed E-state index contributed by atoms with van der Waals surface area (Å²) in [6, 6.07) is 7.57. The quantitative estimate of drug-likeness (QED) is 0.561. The molecule has 0 amide bonds. The van der Waals surface area contributed by atoms with Crippen molar-refractivity contribution in [1.29, 1.82) is 0 Å². The Balaban J connectivity index is 2.71. The number of anilines is 1. The van der Waals surface area contributed by atoms with E-state index in [9.17, 15) is 0 Å². The van der Waals surface area contributed by atoms with Crippen molar-refractivity contribution in [3.63, 3.8) is 0 Å². The van der Waals surface area contributed by atoms with Crippen LogP contribution in [0, 0.1) is 0 Å². The lowest BCUT2D eigenvalue weighted by Crippen LogP contribution is -2.66. The first-order chi connectivity index (χ1) is 12.1. The third kappa shape index (κ3) is 3.49. The van der Waals surface area contributed by atoms with E-state index >= 15 is 0 Å². The van der Waals surface area contributed by atoms with E-state index in [1.54, 1.807) is 12.5 Å². The number of hydrogen-bond donors (Lipinski definition) is 0. The van der Waals surface area contributed by atoms with Gasteiger partial charge in [-0.3, -0.25) is 0 Å². The molecule has 7 heteroatoms. The zero-order chi connectivity index (χ0) is 18.5. The fourth-order valence-electron chi connectivity index (χ4n) is 4.30. The lowest BCUT2D eigenvalue weighted by Gasteiger charge is -2.53. The molecule has 0 aliphatic carbocycles. The minimum Gasteiger partial charge on any atom is -0.407 e. The van der Waals surface area contributed by atoms with E-state index in [-0.39, 0.29) is 0 Å². The summed E-state index contributed by atoms with van der Waals surface area (Å²) >= 11 is 0. The highest BCUT2D eigenvalue weighted by molar-refractivity contribution is 7.02. The summed E-state index contributed by atoms with van der Waals surface area (Å²) in [6.45, 7) is 14.3. The summed E-state index contributed by atoms with van der Waals surface area (Å²) in [4.78, 5) is 18.1. The van der Waals surface area contributed by atoms with Gasteiger partial charge in [-0.1, -0.05) is 41.5 Å². The van der Waals surface area contributed by atoms with Crippen LogP contribution in [-0.2, 0) is 0 Å². The van der Waals surface area contributed by atoms with Crippen LogP contribution in [0.3, 0.4) is 0 Å². The molecule has 0 saturated heterocycles. The second-order valence-electron chi connectivity index (χ2n) is 6.87. The van der Waals surface area contributed by atoms with Crippen LogP contribution >= 0.6 is 0 Å². The number of fused-ring (bicyclic) bond motifs is 1. The van der Waals surface area contributed by atoms with Crippen LogP contribution in [0.5, 0.6) is 0 Å². The molecule has 0 aliphatic heterocycles. The topological polar surface area (TPSA) is 54.8 Å². The fraction of sp³-hybridized carbons (Fsp3) is 0.667. The maximum absolute atomic E-state index is 4.98. The first kappa shape index (κ1) is 20.0. The van der Waals surface area contributed by atoms with Gasteiger partial charge in [-0.05, 0) is 36.3 Å². The number of hydrogen-bond acceptors (Lipinski definition) is 5. The first-order valence-electron chi connectivity index (χ1n) is 9.79. The van der Waals surface area contributed by atoms with Crippen molar-refractivity contribution in [1.82, 2.24) is 19.9 Å². The van der Waals surface area contributed by atoms with E-state index in [1.807, 2.05) is 6.20 Å². The lowest BCUT2D eigenvalue weighted by atomic mass is 10.5. The van der Waals surface area contributed by atoms with Crippen LogP contribution in [-0.4, -0.2) is 36.4 Å². The van der Waals surface area contributed by atoms with Crippen molar-refractivity contribution >= 4 is 33.5 Å². The summed E-state index contributed by atoms with van der Waals surface area (Å²) in [5.74, 6) is 1.07. The van der Waals surface area contributed by atoms with E-state index in [2.05, 4.69) is 60.7 Å². The largest absolute Gasteiger partial charge is 0.407 e. The van der Waals surface area contributed by atoms with E-state index in [4.69, 9.17) is 4.98 Å². The molecule has 0 unspecified atom stereocenters. The third-order valence-electron chi connectivity index (χ3n) is 6.34. The van der Waals surface area contributed by atoms with Gasteiger partial charge in [0.25, 0.3) is 0 Å². The molecule has 0 bridgehead atoms. The van der Waals surface area contributed by atoms with Gasteiger partial charge in [-0.15, -0.1) is 0 Å². The van der Waals surface area contributed by atoms with Gasteiger partial charge in [-0.2, -0.15) is 0 Å². The maximum atomic E-state index is 4.98. The average molecular weight is 376 g/mol. The molecule has 2 rings (SSSR count). The van der Waals surface area contributed by atoms with Crippen molar-refractivity contribution in [2.45, 2.75) is 77.8 Å². The van der Waals surface area contributed by atoms with Gasteiger partial charge in [0.2, 0.25) is 0 Å². The van der Waals surface area contributed by atoms with Crippen molar-refractivity contribution in [2.75, 3.05) is 4.23 Å². The highest BCUT2D eigenvalue weighted by atomic mass is 28.4. The highest BCUT2D eigenvalue weighted by Gasteiger charge is 2.47. The zero-order valence-electron chi connectivity index (χ0n) is 16.7. The lowest BCUT2D eigenvalue weighted by molar-refractivity contribution is 1.03. The minimum atomic E-state index is -1.62. The number of aromatic nitrogens is 4. The molecule has 2 aromatic heterocycles. The van der Waals surface area contributed by atoms with E-state index in [0.29, 0.717) is 0 Å². The molecule has 2 heterocycles. The van der Waals surface area contributed by atoms with Crippen LogP contribution in [0.1, 0.15) is 41.5 Å². The molecule has 25 heavy (non-hydrogen) atoms. The second-order valence-corrected chi connectivity index (χ2v) is 17.3. The average Bonchev–Trinajstić information content (AvgIpc) is 2.69. The smallest absolute Gasteiger partial charge is 0.183 e. The third-order valence-corrected chi connectivity index (χ3v) is 19.4. The molecule has 5 nitrogen and oxygen atoms in total. The molecule has 0 aliphatic rings. The van der Waals surface area contributed by atoms with Crippen molar-refractivity contribution < 1.29 is 0 Å². The van der Waals surface area contributed by atoms with Crippen LogP contribution < -0.4 is 4.23 Å². The normalized spacial score (nSPS) is 12.6. The van der Waals surface area contributed by atoms with Gasteiger partial charge >= 0.3 is 0 Å². The first-order valence-corrected chi connectivity index (χ1v) is 14.9. The molecular weight excluding hydrogens is 342 g/mol. The Kier molecular flexibility index (Phi) is 6.68. The Hall–Kier alpha value is -1.35. The molecule has 0 saturated carbocycles. The Morgan fingerprint density at radius 3 is 1.76 bits per heavy atom. The minimum absolute atomic E-state index is 0.718. The van der Waals surface area contributed by atoms with Crippen LogP contribution in [0.4, 0.5) is 5.82 Å². The van der Waals surface area contributed by atoms with Gasteiger partial charge in [0, 0.05) is 0 Å². The second kappa shape index (κ2) is 8.36. The summed E-state index contributed by atoms with van der Waals surface area (Å²) < 4.78 is 2.87. The van der Waals surface area contributed by atoms with Gasteiger partial charge in [0.1, 0.15) is 34.1 Å². The van der Waals surface area contributed by atoms with Gasteiger partial charge < -0.3 is 4.23 Å². The van der Waals surface area contributed by atoms with Gasteiger partial charge in [-0.25, -0.2) is 19.9 Å². The Morgan fingerprint density at radius 2 is 1.28 bits per heavy atom. The maximum Gasteiger partial charge on any atom is 0.183 e. The highest BCUT2D eigenvalue weighted by Crippen LogP contribution is 2.39. The van der Waals surface area contributed by atoms with Crippen LogP contribution in [0.25, 0.3) is 11.2 Å². The predicted octanol–water partition coefficient (Wildman–Crippen LogP) is 5.24. The van der Waals surface area contributed by atoms with Crippen molar-refractivity contribution in [3.8, 4) is 0 Å². The molecular formula is C18H33N5Si2. The van der Waals surface area contributed by atoms with E-state index < -0.39 is 16.5 Å². The van der Waals surface area contributed by atoms with Crippen LogP contribution in [0.15, 0.2) is 18.7 Å². The molecule has 0 spiro atoms. The van der Waals surface area contributed by atoms with E-state index in [1.165, 1.54) is 36.3 Å². The molecule has 0 atom stereocenters. The number of rotatable bonds is 9. The predicted molar refractivity (Wildman–Crippen MR) is 112 cm³/mol. The molecule has 0 fully saturated rings. The summed E-state index contributed by atoms with van der Waals surface area (Å²) in [5.41, 5.74) is 1.50.